The van der Waals surface area contributed by atoms with E-state index in [2.05, 4.69) is 0 Å². The van der Waals surface area contributed by atoms with Crippen LogP contribution in [0.15, 0.2) is 30.3 Å². The molecule has 0 aliphatic heterocycles. The van der Waals surface area contributed by atoms with Gasteiger partial charge in [-0.1, -0.05) is 54.8 Å². The van der Waals surface area contributed by atoms with E-state index in [1.54, 1.807) is 6.92 Å². The summed E-state index contributed by atoms with van der Waals surface area (Å²) in [4.78, 5) is 12.2. The van der Waals surface area contributed by atoms with Crippen molar-refractivity contribution in [3.8, 4) is 0 Å². The van der Waals surface area contributed by atoms with Gasteiger partial charge in [0.05, 0.1) is 5.92 Å². The molecule has 0 bridgehead atoms. The number of hydrogen-bond acceptors (Lipinski definition) is 2. The van der Waals surface area contributed by atoms with Crippen LogP contribution >= 0.6 is 11.6 Å². The molecule has 0 saturated heterocycles. The summed E-state index contributed by atoms with van der Waals surface area (Å²) in [7, 11) is 0. The first-order valence-electron chi connectivity index (χ1n) is 6.58. The van der Waals surface area contributed by atoms with Crippen LogP contribution in [-0.2, 0) is 9.53 Å². The number of halogens is 1. The maximum atomic E-state index is 12.2. The molecule has 0 amide bonds. The van der Waals surface area contributed by atoms with Crippen LogP contribution in [0.25, 0.3) is 0 Å². The number of alkyl halides is 1. The van der Waals surface area contributed by atoms with E-state index in [0.717, 1.165) is 18.4 Å². The largest absolute Gasteiger partial charge is 0.446 e. The van der Waals surface area contributed by atoms with Gasteiger partial charge in [0, 0.05) is 0 Å². The quantitative estimate of drug-likeness (QED) is 0.606. The topological polar surface area (TPSA) is 26.3 Å². The van der Waals surface area contributed by atoms with Crippen LogP contribution < -0.4 is 0 Å². The molecule has 18 heavy (non-hydrogen) atoms. The lowest BCUT2D eigenvalue weighted by Gasteiger charge is -2.22. The zero-order chi connectivity index (χ0) is 13.0. The second-order valence-electron chi connectivity index (χ2n) is 4.91. The van der Waals surface area contributed by atoms with Crippen molar-refractivity contribution in [3.05, 3.63) is 35.9 Å². The third-order valence-corrected chi connectivity index (χ3v) is 3.65. The Morgan fingerprint density at radius 2 is 1.89 bits per heavy atom. The Hall–Kier alpha value is -1.02. The van der Waals surface area contributed by atoms with Gasteiger partial charge in [0.25, 0.3) is 0 Å². The molecule has 0 spiro atoms. The number of rotatable bonds is 4. The van der Waals surface area contributed by atoms with Crippen LogP contribution in [0.5, 0.6) is 0 Å². The van der Waals surface area contributed by atoms with Crippen molar-refractivity contribution in [1.82, 2.24) is 0 Å². The molecule has 98 valence electrons. The minimum absolute atomic E-state index is 0.158. The smallest absolute Gasteiger partial charge is 0.315 e. The van der Waals surface area contributed by atoms with E-state index in [1.165, 1.54) is 12.8 Å². The van der Waals surface area contributed by atoms with Gasteiger partial charge in [-0.25, -0.2) is 0 Å². The van der Waals surface area contributed by atoms with Gasteiger partial charge < -0.3 is 4.74 Å². The van der Waals surface area contributed by atoms with Crippen LogP contribution in [0.1, 0.15) is 44.1 Å². The SMILES string of the molecule is C[C@H](Cl)OC(=O)[C@H](c1ccccc1)C1CCCC1. The molecule has 1 aromatic rings. The summed E-state index contributed by atoms with van der Waals surface area (Å²) in [5.74, 6) is 0.0563. The van der Waals surface area contributed by atoms with Crippen molar-refractivity contribution in [2.75, 3.05) is 0 Å². The standard InChI is InChI=1S/C15H19ClO2/c1-11(16)18-15(17)14(13-9-5-6-10-13)12-7-3-2-4-8-12/h2-4,7-8,11,13-14H,5-6,9-10H2,1H3/t11-,14-/m1/s1. The number of hydrogen-bond donors (Lipinski definition) is 0. The highest BCUT2D eigenvalue weighted by Crippen LogP contribution is 2.38. The summed E-state index contributed by atoms with van der Waals surface area (Å²) in [5, 5.41) is 0. The van der Waals surface area contributed by atoms with Crippen LogP contribution in [0.2, 0.25) is 0 Å². The number of esters is 1. The first kappa shape index (κ1) is 13.4. The molecule has 0 N–H and O–H groups in total. The Labute approximate surface area is 113 Å². The van der Waals surface area contributed by atoms with E-state index < -0.39 is 5.56 Å². The Balaban J connectivity index is 2.20. The molecule has 1 fully saturated rings. The molecule has 0 aromatic heterocycles. The maximum Gasteiger partial charge on any atom is 0.315 e. The normalized spacial score (nSPS) is 19.4. The summed E-state index contributed by atoms with van der Waals surface area (Å²) >= 11 is 5.77. The molecule has 2 nitrogen and oxygen atoms in total. The molecule has 1 aromatic carbocycles. The van der Waals surface area contributed by atoms with Gasteiger partial charge in [-0.2, -0.15) is 0 Å². The van der Waals surface area contributed by atoms with E-state index >= 15 is 0 Å². The molecule has 1 aliphatic rings. The van der Waals surface area contributed by atoms with E-state index in [1.807, 2.05) is 30.3 Å². The van der Waals surface area contributed by atoms with Crippen molar-refractivity contribution in [1.29, 1.82) is 0 Å². The molecule has 1 saturated carbocycles. The predicted octanol–water partition coefficient (Wildman–Crippen LogP) is 4.09. The van der Waals surface area contributed by atoms with Gasteiger partial charge in [-0.3, -0.25) is 4.79 Å². The fourth-order valence-corrected chi connectivity index (χ4v) is 2.87. The summed E-state index contributed by atoms with van der Waals surface area (Å²) in [5.41, 5.74) is 0.483. The fraction of sp³-hybridized carbons (Fsp3) is 0.533. The number of carbonyl (C=O) groups excluding carboxylic acids is 1. The minimum atomic E-state index is -0.565. The fourth-order valence-electron chi connectivity index (χ4n) is 2.79. The van der Waals surface area contributed by atoms with E-state index in [0.29, 0.717) is 5.92 Å². The Morgan fingerprint density at radius 3 is 2.44 bits per heavy atom. The highest BCUT2D eigenvalue weighted by Gasteiger charge is 2.33. The molecule has 0 radical (unpaired) electrons. The highest BCUT2D eigenvalue weighted by molar-refractivity contribution is 6.20. The third kappa shape index (κ3) is 3.26. The molecular formula is C15H19ClO2. The van der Waals surface area contributed by atoms with E-state index in [-0.39, 0.29) is 11.9 Å². The van der Waals surface area contributed by atoms with Crippen LogP contribution in [0, 0.1) is 5.92 Å². The van der Waals surface area contributed by atoms with Gasteiger partial charge >= 0.3 is 5.97 Å². The molecular weight excluding hydrogens is 248 g/mol. The molecule has 2 atom stereocenters. The summed E-state index contributed by atoms with van der Waals surface area (Å²) in [6, 6.07) is 9.90. The zero-order valence-corrected chi connectivity index (χ0v) is 11.4. The van der Waals surface area contributed by atoms with Crippen molar-refractivity contribution < 1.29 is 9.53 Å². The van der Waals surface area contributed by atoms with Crippen molar-refractivity contribution in [3.63, 3.8) is 0 Å². The number of ether oxygens (including phenoxy) is 1. The highest BCUT2D eigenvalue weighted by atomic mass is 35.5. The van der Waals surface area contributed by atoms with E-state index in [4.69, 9.17) is 16.3 Å². The lowest BCUT2D eigenvalue weighted by Crippen LogP contribution is -2.24. The van der Waals surface area contributed by atoms with Gasteiger partial charge in [0.15, 0.2) is 5.56 Å². The van der Waals surface area contributed by atoms with Gasteiger partial charge in [-0.15, -0.1) is 0 Å². The lowest BCUT2D eigenvalue weighted by atomic mass is 9.85. The molecule has 1 aliphatic carbocycles. The number of carbonyl (C=O) groups is 1. The van der Waals surface area contributed by atoms with Crippen molar-refractivity contribution in [2.45, 2.75) is 44.1 Å². The average molecular weight is 267 g/mol. The third-order valence-electron chi connectivity index (χ3n) is 3.56. The van der Waals surface area contributed by atoms with Gasteiger partial charge in [0.2, 0.25) is 0 Å². The van der Waals surface area contributed by atoms with Crippen LogP contribution in [0.4, 0.5) is 0 Å². The molecule has 2 rings (SSSR count). The Kier molecular flexibility index (Phi) is 4.65. The molecule has 3 heteroatoms. The van der Waals surface area contributed by atoms with Crippen LogP contribution in [-0.4, -0.2) is 11.5 Å². The zero-order valence-electron chi connectivity index (χ0n) is 10.6. The first-order valence-corrected chi connectivity index (χ1v) is 7.01. The van der Waals surface area contributed by atoms with Crippen LogP contribution in [0.3, 0.4) is 0 Å². The first-order chi connectivity index (χ1) is 8.68. The lowest BCUT2D eigenvalue weighted by molar-refractivity contribution is -0.148. The summed E-state index contributed by atoms with van der Waals surface area (Å²) in [6.07, 6.45) is 4.62. The predicted molar refractivity (Wildman–Crippen MR) is 72.5 cm³/mol. The average Bonchev–Trinajstić information content (AvgIpc) is 2.83. The maximum absolute atomic E-state index is 12.2. The van der Waals surface area contributed by atoms with Gasteiger partial charge in [-0.05, 0) is 31.2 Å². The monoisotopic (exact) mass is 266 g/mol. The Bertz CT molecular complexity index is 383. The van der Waals surface area contributed by atoms with Gasteiger partial charge in [0.1, 0.15) is 0 Å². The van der Waals surface area contributed by atoms with E-state index in [9.17, 15) is 4.79 Å². The van der Waals surface area contributed by atoms with Crippen molar-refractivity contribution >= 4 is 17.6 Å². The molecule has 0 unspecified atom stereocenters. The second-order valence-corrected chi connectivity index (χ2v) is 5.53. The molecule has 0 heterocycles. The Morgan fingerprint density at radius 1 is 1.28 bits per heavy atom. The number of benzene rings is 1. The second kappa shape index (κ2) is 6.24. The summed E-state index contributed by atoms with van der Waals surface area (Å²) < 4.78 is 5.21. The minimum Gasteiger partial charge on any atom is -0.446 e. The summed E-state index contributed by atoms with van der Waals surface area (Å²) in [6.45, 7) is 1.68. The van der Waals surface area contributed by atoms with Crippen molar-refractivity contribution in [2.24, 2.45) is 5.92 Å².